The molecule has 2 aliphatic heterocycles. The summed E-state index contributed by atoms with van der Waals surface area (Å²) >= 11 is 0. The Hall–Kier alpha value is -3.60. The van der Waals surface area contributed by atoms with Crippen molar-refractivity contribution in [1.82, 2.24) is 9.80 Å². The topological polar surface area (TPSA) is 107 Å². The van der Waals surface area contributed by atoms with E-state index in [9.17, 15) is 14.7 Å². The van der Waals surface area contributed by atoms with E-state index in [4.69, 9.17) is 23.7 Å². The van der Waals surface area contributed by atoms with Crippen LogP contribution < -0.4 is 14.2 Å². The third-order valence-corrected chi connectivity index (χ3v) is 10.7. The fourth-order valence-electron chi connectivity index (χ4n) is 7.84. The van der Waals surface area contributed by atoms with Crippen LogP contribution in [0.25, 0.3) is 0 Å². The van der Waals surface area contributed by atoms with E-state index < -0.39 is 30.1 Å². The molecular weight excluding hydrogens is 648 g/mol. The Morgan fingerprint density at radius 1 is 0.941 bits per heavy atom. The lowest BCUT2D eigenvalue weighted by Crippen LogP contribution is -2.53. The molecule has 0 radical (unpaired) electrons. The van der Waals surface area contributed by atoms with Crippen LogP contribution in [-0.2, 0) is 25.5 Å². The monoisotopic (exact) mass is 706 g/mol. The summed E-state index contributed by atoms with van der Waals surface area (Å²) in [5.74, 6) is 1.00. The maximum atomic E-state index is 14.3. The molecule has 5 rings (SSSR count). The number of aliphatic hydroxyl groups excluding tert-OH is 1. The van der Waals surface area contributed by atoms with Crippen LogP contribution in [0.5, 0.6) is 17.2 Å². The van der Waals surface area contributed by atoms with Gasteiger partial charge in [0.05, 0.1) is 39.5 Å². The number of hydrogen-bond donors (Lipinski definition) is 1. The Morgan fingerprint density at radius 3 is 2.45 bits per heavy atom. The lowest BCUT2D eigenvalue weighted by atomic mass is 9.76. The Balaban J connectivity index is 1.35. The van der Waals surface area contributed by atoms with E-state index in [2.05, 4.69) is 4.90 Å². The molecule has 3 aliphatic rings. The molecule has 10 heteroatoms. The van der Waals surface area contributed by atoms with E-state index >= 15 is 0 Å². The van der Waals surface area contributed by atoms with Gasteiger partial charge in [0.2, 0.25) is 5.91 Å². The van der Waals surface area contributed by atoms with Gasteiger partial charge < -0.3 is 33.7 Å². The number of esters is 1. The number of piperidine rings is 1. The van der Waals surface area contributed by atoms with Crippen molar-refractivity contribution in [2.75, 3.05) is 60.2 Å². The zero-order valence-electron chi connectivity index (χ0n) is 30.8. The number of morpholine rings is 1. The van der Waals surface area contributed by atoms with Gasteiger partial charge in [-0.3, -0.25) is 9.69 Å². The fraction of sp³-hybridized carbons (Fsp3) is 0.610. The molecule has 0 spiro atoms. The number of methoxy groups -OCH3 is 2. The van der Waals surface area contributed by atoms with Crippen molar-refractivity contribution >= 4 is 11.9 Å². The van der Waals surface area contributed by atoms with Gasteiger partial charge in [0.25, 0.3) is 0 Å². The summed E-state index contributed by atoms with van der Waals surface area (Å²) < 4.78 is 29.0. The summed E-state index contributed by atoms with van der Waals surface area (Å²) in [6, 6.07) is 12.9. The zero-order valence-corrected chi connectivity index (χ0v) is 30.8. The molecule has 2 saturated heterocycles. The Labute approximate surface area is 304 Å². The number of amides is 1. The summed E-state index contributed by atoms with van der Waals surface area (Å²) in [5, 5.41) is 11.2. The van der Waals surface area contributed by atoms with Crippen LogP contribution in [0.4, 0.5) is 0 Å². The minimum atomic E-state index is -0.885. The van der Waals surface area contributed by atoms with Gasteiger partial charge in [-0.2, -0.15) is 0 Å². The van der Waals surface area contributed by atoms with Crippen LogP contribution in [-0.4, -0.2) is 99.1 Å². The van der Waals surface area contributed by atoms with E-state index in [-0.39, 0.29) is 11.8 Å². The Morgan fingerprint density at radius 2 is 1.71 bits per heavy atom. The molecule has 280 valence electrons. The first-order valence-corrected chi connectivity index (χ1v) is 19.0. The third kappa shape index (κ3) is 10.7. The van der Waals surface area contributed by atoms with Crippen LogP contribution in [0.1, 0.15) is 81.9 Å². The largest absolute Gasteiger partial charge is 0.493 e. The van der Waals surface area contributed by atoms with Gasteiger partial charge in [-0.1, -0.05) is 49.6 Å². The molecular formula is C41H58N2O8. The molecule has 1 amide bonds. The molecule has 1 N–H and O–H groups in total. The molecule has 2 heterocycles. The number of benzene rings is 2. The first-order valence-electron chi connectivity index (χ1n) is 19.0. The Kier molecular flexibility index (Phi) is 15.0. The van der Waals surface area contributed by atoms with Gasteiger partial charge in [0.15, 0.2) is 11.5 Å². The second-order valence-electron chi connectivity index (χ2n) is 14.0. The highest BCUT2D eigenvalue weighted by molar-refractivity contribution is 5.87. The molecule has 1 unspecified atom stereocenters. The summed E-state index contributed by atoms with van der Waals surface area (Å²) in [7, 11) is 3.23. The minimum absolute atomic E-state index is 0.0938. The van der Waals surface area contributed by atoms with Crippen molar-refractivity contribution in [2.24, 2.45) is 11.8 Å². The third-order valence-electron chi connectivity index (χ3n) is 10.7. The van der Waals surface area contributed by atoms with Gasteiger partial charge >= 0.3 is 5.97 Å². The predicted molar refractivity (Wildman–Crippen MR) is 196 cm³/mol. The van der Waals surface area contributed by atoms with Crippen molar-refractivity contribution in [3.8, 4) is 17.2 Å². The van der Waals surface area contributed by atoms with Gasteiger partial charge in [-0.15, -0.1) is 0 Å². The number of ether oxygens (including phenoxy) is 5. The smallest absolute Gasteiger partial charge is 0.329 e. The van der Waals surface area contributed by atoms with Crippen molar-refractivity contribution in [3.05, 3.63) is 65.7 Å². The average molecular weight is 707 g/mol. The number of aryl methyl sites for hydroxylation is 1. The quantitative estimate of drug-likeness (QED) is 0.163. The zero-order chi connectivity index (χ0) is 36.0. The summed E-state index contributed by atoms with van der Waals surface area (Å²) in [6.07, 6.45) is 10.5. The number of carbonyl (C=O) groups excluding carboxylic acids is 2. The highest BCUT2D eigenvalue weighted by atomic mass is 16.5. The molecule has 1 aliphatic carbocycles. The Bertz CT molecular complexity index is 1420. The summed E-state index contributed by atoms with van der Waals surface area (Å²) in [6.45, 7) is 6.96. The molecule has 4 atom stereocenters. The number of carbonyl (C=O) groups is 2. The van der Waals surface area contributed by atoms with Crippen molar-refractivity contribution in [2.45, 2.75) is 89.4 Å². The second-order valence-corrected chi connectivity index (χ2v) is 14.0. The number of aliphatic hydroxyl groups is 1. The van der Waals surface area contributed by atoms with Gasteiger partial charge in [0.1, 0.15) is 24.5 Å². The van der Waals surface area contributed by atoms with E-state index in [1.807, 2.05) is 49.4 Å². The van der Waals surface area contributed by atoms with E-state index in [0.717, 1.165) is 94.7 Å². The number of likely N-dealkylation sites (tertiary alicyclic amines) is 1. The van der Waals surface area contributed by atoms with Gasteiger partial charge in [-0.05, 0) is 93.2 Å². The van der Waals surface area contributed by atoms with E-state index in [0.29, 0.717) is 43.9 Å². The molecule has 2 aromatic carbocycles. The SMILES string of the molecule is C/C=C/[C@@H](O)C(C(=O)N1CCCC[C@H]1C(=O)O[C@H](CCc1ccc(OC)c(OC)c1)c1cccc(OCCN2CCOCC2)c1)C1CCCCC1. The molecule has 1 saturated carbocycles. The van der Waals surface area contributed by atoms with Crippen LogP contribution in [0.3, 0.4) is 0 Å². The molecule has 51 heavy (non-hydrogen) atoms. The number of hydrogen-bond acceptors (Lipinski definition) is 9. The van der Waals surface area contributed by atoms with Crippen LogP contribution in [0.15, 0.2) is 54.6 Å². The summed E-state index contributed by atoms with van der Waals surface area (Å²) in [4.78, 5) is 32.6. The van der Waals surface area contributed by atoms with Crippen molar-refractivity contribution in [3.63, 3.8) is 0 Å². The number of nitrogens with zero attached hydrogens (tertiary/aromatic N) is 2. The first kappa shape index (κ1) is 38.6. The van der Waals surface area contributed by atoms with Crippen molar-refractivity contribution in [1.29, 1.82) is 0 Å². The number of allylic oxidation sites excluding steroid dienone is 1. The highest BCUT2D eigenvalue weighted by Gasteiger charge is 2.42. The average Bonchev–Trinajstić information content (AvgIpc) is 3.17. The van der Waals surface area contributed by atoms with E-state index in [1.54, 1.807) is 31.3 Å². The molecule has 10 nitrogen and oxygen atoms in total. The first-order chi connectivity index (χ1) is 24.9. The molecule has 0 aromatic heterocycles. The molecule has 0 bridgehead atoms. The second kappa shape index (κ2) is 19.9. The van der Waals surface area contributed by atoms with Gasteiger partial charge in [0, 0.05) is 26.2 Å². The minimum Gasteiger partial charge on any atom is -0.493 e. The van der Waals surface area contributed by atoms with Gasteiger partial charge in [-0.25, -0.2) is 4.79 Å². The predicted octanol–water partition coefficient (Wildman–Crippen LogP) is 6.15. The van der Waals surface area contributed by atoms with Crippen LogP contribution in [0, 0.1) is 11.8 Å². The lowest BCUT2D eigenvalue weighted by Gasteiger charge is -2.40. The molecule has 3 fully saturated rings. The van der Waals surface area contributed by atoms with E-state index in [1.165, 1.54) is 0 Å². The molecule has 2 aromatic rings. The van der Waals surface area contributed by atoms with Crippen LogP contribution in [0.2, 0.25) is 0 Å². The highest BCUT2D eigenvalue weighted by Crippen LogP contribution is 2.36. The summed E-state index contributed by atoms with van der Waals surface area (Å²) in [5.41, 5.74) is 1.86. The number of rotatable bonds is 16. The fourth-order valence-corrected chi connectivity index (χ4v) is 7.84. The standard InChI is InChI=1S/C41H58N2O8/c1-4-11-35(44)39(31-12-6-5-7-13-31)40(45)43-21-9-8-16-34(43)41(46)51-36(19-17-30-18-20-37(47-2)38(28-30)48-3)32-14-10-15-33(29-32)50-27-24-42-22-25-49-26-23-42/h4,10-11,14-15,18,20,28-29,31,34-36,39,44H,5-9,12-13,16-17,19,21-27H2,1-3H3/b11-4+/t34-,35+,36+,39?/m0/s1. The maximum Gasteiger partial charge on any atom is 0.329 e. The van der Waals surface area contributed by atoms with Crippen molar-refractivity contribution < 1.29 is 38.4 Å². The lowest BCUT2D eigenvalue weighted by molar-refractivity contribution is -0.165. The normalized spacial score (nSPS) is 20.8. The van der Waals surface area contributed by atoms with Crippen LogP contribution >= 0.6 is 0 Å². The maximum absolute atomic E-state index is 14.3.